The molecule has 0 saturated carbocycles. The number of amides is 1. The minimum absolute atomic E-state index is 0.146. The number of anilines is 1. The van der Waals surface area contributed by atoms with Crippen LogP contribution in [0.15, 0.2) is 60.7 Å². The molecule has 3 aromatic carbocycles. The number of quaternary nitrogens is 1. The van der Waals surface area contributed by atoms with Crippen LogP contribution in [0.5, 0.6) is 0 Å². The third-order valence-electron chi connectivity index (χ3n) is 4.21. The third kappa shape index (κ3) is 4.81. The van der Waals surface area contributed by atoms with E-state index < -0.39 is 4.92 Å². The van der Waals surface area contributed by atoms with Crippen LogP contribution in [0.25, 0.3) is 10.8 Å². The summed E-state index contributed by atoms with van der Waals surface area (Å²) in [7, 11) is 1.91. The van der Waals surface area contributed by atoms with Crippen molar-refractivity contribution in [1.29, 1.82) is 0 Å². The fourth-order valence-electron chi connectivity index (χ4n) is 2.99. The molecular formula is C20H19ClN3O3+. The summed E-state index contributed by atoms with van der Waals surface area (Å²) in [5.74, 6) is -0.293. The van der Waals surface area contributed by atoms with Crippen LogP contribution >= 0.6 is 11.6 Å². The Bertz CT molecular complexity index is 1010. The molecule has 0 aliphatic carbocycles. The van der Waals surface area contributed by atoms with E-state index in [1.54, 1.807) is 0 Å². The van der Waals surface area contributed by atoms with Crippen LogP contribution in [0.2, 0.25) is 5.02 Å². The van der Waals surface area contributed by atoms with E-state index >= 15 is 0 Å². The van der Waals surface area contributed by atoms with E-state index in [1.807, 2.05) is 25.2 Å². The summed E-state index contributed by atoms with van der Waals surface area (Å²) in [6, 6.07) is 18.5. The molecule has 1 unspecified atom stereocenters. The van der Waals surface area contributed by atoms with Crippen LogP contribution in [0.1, 0.15) is 5.56 Å². The second-order valence-corrected chi connectivity index (χ2v) is 6.90. The maximum absolute atomic E-state index is 12.3. The number of nitro benzene ring substituents is 1. The van der Waals surface area contributed by atoms with Gasteiger partial charge in [0.25, 0.3) is 11.6 Å². The van der Waals surface area contributed by atoms with Gasteiger partial charge in [0.1, 0.15) is 12.2 Å². The van der Waals surface area contributed by atoms with E-state index in [0.29, 0.717) is 6.54 Å². The first-order valence-electron chi connectivity index (χ1n) is 8.45. The molecule has 1 atom stereocenters. The number of rotatable bonds is 6. The first-order valence-corrected chi connectivity index (χ1v) is 8.83. The minimum atomic E-state index is -0.562. The predicted octanol–water partition coefficient (Wildman–Crippen LogP) is 3.05. The molecule has 138 valence electrons. The molecule has 0 aromatic heterocycles. The lowest BCUT2D eigenvalue weighted by Crippen LogP contribution is -3.08. The number of carbonyl (C=O) groups excluding carboxylic acids is 1. The van der Waals surface area contributed by atoms with Gasteiger partial charge in [0.05, 0.1) is 12.0 Å². The number of nitrogens with one attached hydrogen (secondary N) is 2. The number of fused-ring (bicyclic) bond motifs is 1. The maximum atomic E-state index is 12.3. The van der Waals surface area contributed by atoms with Crippen molar-refractivity contribution in [3.63, 3.8) is 0 Å². The average molecular weight is 385 g/mol. The molecule has 6 nitrogen and oxygen atoms in total. The number of hydrogen-bond donors (Lipinski definition) is 2. The molecule has 0 bridgehead atoms. The first-order chi connectivity index (χ1) is 12.9. The van der Waals surface area contributed by atoms with Crippen molar-refractivity contribution in [2.45, 2.75) is 6.54 Å². The van der Waals surface area contributed by atoms with Gasteiger partial charge in [-0.2, -0.15) is 0 Å². The lowest BCUT2D eigenvalue weighted by Gasteiger charge is -2.14. The van der Waals surface area contributed by atoms with Crippen LogP contribution in [0.4, 0.5) is 11.4 Å². The molecule has 3 rings (SSSR count). The van der Waals surface area contributed by atoms with Crippen molar-refractivity contribution >= 4 is 39.7 Å². The van der Waals surface area contributed by atoms with Gasteiger partial charge in [-0.25, -0.2) is 0 Å². The van der Waals surface area contributed by atoms with Gasteiger partial charge in [0.2, 0.25) is 0 Å². The largest absolute Gasteiger partial charge is 0.326 e. The molecule has 2 N–H and O–H groups in total. The van der Waals surface area contributed by atoms with Gasteiger partial charge in [0.15, 0.2) is 6.54 Å². The summed E-state index contributed by atoms with van der Waals surface area (Å²) < 4.78 is 0. The molecule has 27 heavy (non-hydrogen) atoms. The van der Waals surface area contributed by atoms with Crippen molar-refractivity contribution in [1.82, 2.24) is 0 Å². The fourth-order valence-corrected chi connectivity index (χ4v) is 3.16. The number of carbonyl (C=O) groups is 1. The maximum Gasteiger partial charge on any atom is 0.294 e. The van der Waals surface area contributed by atoms with Gasteiger partial charge in [0, 0.05) is 16.7 Å². The van der Waals surface area contributed by atoms with Crippen molar-refractivity contribution in [2.75, 3.05) is 18.9 Å². The van der Waals surface area contributed by atoms with Gasteiger partial charge < -0.3 is 10.2 Å². The smallest absolute Gasteiger partial charge is 0.294 e. The predicted molar refractivity (Wildman–Crippen MR) is 106 cm³/mol. The highest BCUT2D eigenvalue weighted by Gasteiger charge is 2.18. The number of likely N-dealkylation sites (N-methyl/N-ethyl adjacent to an activating group) is 1. The monoisotopic (exact) mass is 384 g/mol. The highest BCUT2D eigenvalue weighted by Crippen LogP contribution is 2.27. The molecule has 0 saturated heterocycles. The zero-order valence-corrected chi connectivity index (χ0v) is 15.5. The van der Waals surface area contributed by atoms with E-state index in [4.69, 9.17) is 11.6 Å². The van der Waals surface area contributed by atoms with Crippen LogP contribution in [0.3, 0.4) is 0 Å². The van der Waals surface area contributed by atoms with Crippen LogP contribution < -0.4 is 10.2 Å². The van der Waals surface area contributed by atoms with Gasteiger partial charge >= 0.3 is 0 Å². The SMILES string of the molecule is C[NH+](CC(=O)Nc1ccc(Cl)cc1[N+](=O)[O-])Cc1ccc2ccccc2c1. The number of nitrogens with zero attached hydrogens (tertiary/aromatic N) is 1. The Labute approximate surface area is 161 Å². The lowest BCUT2D eigenvalue weighted by molar-refractivity contribution is -0.885. The second-order valence-electron chi connectivity index (χ2n) is 6.46. The van der Waals surface area contributed by atoms with Crippen LogP contribution in [-0.2, 0) is 11.3 Å². The Morgan fingerprint density at radius 1 is 1.11 bits per heavy atom. The quantitative estimate of drug-likeness (QED) is 0.506. The van der Waals surface area contributed by atoms with E-state index in [9.17, 15) is 14.9 Å². The molecule has 0 heterocycles. The standard InChI is InChI=1S/C20H18ClN3O3/c1-23(12-14-6-7-15-4-2-3-5-16(15)10-14)13-20(25)22-18-9-8-17(21)11-19(18)24(26)27/h2-11H,12-13H2,1H3,(H,22,25)/p+1. The van der Waals surface area contributed by atoms with E-state index in [-0.39, 0.29) is 28.8 Å². The zero-order chi connectivity index (χ0) is 19.4. The highest BCUT2D eigenvalue weighted by atomic mass is 35.5. The second kappa shape index (κ2) is 8.16. The topological polar surface area (TPSA) is 76.7 Å². The summed E-state index contributed by atoms with van der Waals surface area (Å²) >= 11 is 5.79. The van der Waals surface area contributed by atoms with Crippen molar-refractivity contribution < 1.29 is 14.6 Å². The Morgan fingerprint density at radius 3 is 2.59 bits per heavy atom. The molecule has 0 spiro atoms. The normalized spacial score (nSPS) is 11.9. The van der Waals surface area contributed by atoms with E-state index in [2.05, 4.69) is 29.6 Å². The Kier molecular flexibility index (Phi) is 5.69. The van der Waals surface area contributed by atoms with Gasteiger partial charge in [-0.1, -0.05) is 48.0 Å². The lowest BCUT2D eigenvalue weighted by atomic mass is 10.1. The number of nitro groups is 1. The first kappa shape index (κ1) is 18.8. The summed E-state index contributed by atoms with van der Waals surface area (Å²) in [6.07, 6.45) is 0. The summed E-state index contributed by atoms with van der Waals surface area (Å²) in [4.78, 5) is 23.8. The molecule has 3 aromatic rings. The summed E-state index contributed by atoms with van der Waals surface area (Å²) in [5.41, 5.74) is 1.05. The van der Waals surface area contributed by atoms with Crippen molar-refractivity contribution in [2.24, 2.45) is 0 Å². The summed E-state index contributed by atoms with van der Waals surface area (Å²) in [6.45, 7) is 0.855. The highest BCUT2D eigenvalue weighted by molar-refractivity contribution is 6.31. The Morgan fingerprint density at radius 2 is 1.85 bits per heavy atom. The van der Waals surface area contributed by atoms with Crippen molar-refractivity contribution in [3.05, 3.63) is 81.4 Å². The van der Waals surface area contributed by atoms with Gasteiger partial charge in [-0.05, 0) is 29.0 Å². The Balaban J connectivity index is 1.64. The molecule has 0 fully saturated rings. The number of hydrogen-bond acceptors (Lipinski definition) is 3. The summed E-state index contributed by atoms with van der Waals surface area (Å²) in [5, 5.41) is 16.3. The van der Waals surface area contributed by atoms with Crippen LogP contribution in [0, 0.1) is 10.1 Å². The third-order valence-corrected chi connectivity index (χ3v) is 4.45. The van der Waals surface area contributed by atoms with Gasteiger partial charge in [-0.15, -0.1) is 0 Å². The molecule has 0 aliphatic heterocycles. The number of halogens is 1. The average Bonchev–Trinajstić information content (AvgIpc) is 2.62. The van der Waals surface area contributed by atoms with Crippen molar-refractivity contribution in [3.8, 4) is 0 Å². The Hall–Kier alpha value is -2.96. The number of benzene rings is 3. The minimum Gasteiger partial charge on any atom is -0.326 e. The molecule has 1 amide bonds. The van der Waals surface area contributed by atoms with E-state index in [1.165, 1.54) is 23.6 Å². The fraction of sp³-hybridized carbons (Fsp3) is 0.150. The molecule has 0 aliphatic rings. The molecular weight excluding hydrogens is 366 g/mol. The zero-order valence-electron chi connectivity index (χ0n) is 14.7. The van der Waals surface area contributed by atoms with Crippen LogP contribution in [-0.4, -0.2) is 24.4 Å². The molecule has 7 heteroatoms. The molecule has 0 radical (unpaired) electrons. The van der Waals surface area contributed by atoms with E-state index in [0.717, 1.165) is 15.8 Å². The van der Waals surface area contributed by atoms with Gasteiger partial charge in [-0.3, -0.25) is 14.9 Å².